The lowest BCUT2D eigenvalue weighted by Gasteiger charge is -2.11. The van der Waals surface area contributed by atoms with Crippen molar-refractivity contribution in [1.82, 2.24) is 4.98 Å². The van der Waals surface area contributed by atoms with Gasteiger partial charge < -0.3 is 9.73 Å². The lowest BCUT2D eigenvalue weighted by molar-refractivity contribution is -0.137. The summed E-state index contributed by atoms with van der Waals surface area (Å²) in [6.45, 7) is 0. The third-order valence-electron chi connectivity index (χ3n) is 5.68. The van der Waals surface area contributed by atoms with E-state index in [2.05, 4.69) is 15.0 Å². The highest BCUT2D eigenvalue weighted by molar-refractivity contribution is 7.92. The van der Waals surface area contributed by atoms with Gasteiger partial charge in [-0.15, -0.1) is 0 Å². The number of hydrogen-bond donors (Lipinski definition) is 2. The molecule has 34 heavy (non-hydrogen) atoms. The fourth-order valence-corrected chi connectivity index (χ4v) is 5.06. The third kappa shape index (κ3) is 4.18. The Morgan fingerprint density at radius 3 is 2.50 bits per heavy atom. The molecule has 1 aromatic heterocycles. The number of alkyl halides is 3. The molecule has 2 N–H and O–H groups in total. The predicted molar refractivity (Wildman–Crippen MR) is 118 cm³/mol. The number of carbonyl (C=O) groups is 1. The van der Waals surface area contributed by atoms with E-state index >= 15 is 0 Å². The number of oxazole rings is 1. The summed E-state index contributed by atoms with van der Waals surface area (Å²) in [6, 6.07) is 7.74. The molecule has 1 amide bonds. The molecule has 0 fully saturated rings. The summed E-state index contributed by atoms with van der Waals surface area (Å²) >= 11 is 0. The van der Waals surface area contributed by atoms with Crippen LogP contribution in [0.3, 0.4) is 0 Å². The zero-order chi connectivity index (χ0) is 24.1. The van der Waals surface area contributed by atoms with Gasteiger partial charge in [0.05, 0.1) is 21.7 Å². The Morgan fingerprint density at radius 2 is 1.79 bits per heavy atom. The molecular formula is C23H18F3N3O4S. The van der Waals surface area contributed by atoms with E-state index in [1.807, 2.05) is 0 Å². The van der Waals surface area contributed by atoms with Gasteiger partial charge in [0.2, 0.25) is 5.89 Å². The lowest BCUT2D eigenvalue weighted by Crippen LogP contribution is -2.13. The molecular weight excluding hydrogens is 471 g/mol. The molecule has 2 heterocycles. The number of nitrogens with zero attached hydrogens (tertiary/aromatic N) is 1. The van der Waals surface area contributed by atoms with Gasteiger partial charge in [-0.2, -0.15) is 13.2 Å². The first-order valence-corrected chi connectivity index (χ1v) is 11.9. The van der Waals surface area contributed by atoms with E-state index in [-0.39, 0.29) is 22.0 Å². The van der Waals surface area contributed by atoms with Crippen molar-refractivity contribution >= 4 is 39.0 Å². The zero-order valence-corrected chi connectivity index (χ0v) is 18.4. The van der Waals surface area contributed by atoms with Crippen LogP contribution >= 0.6 is 0 Å². The number of rotatable bonds is 4. The van der Waals surface area contributed by atoms with Crippen molar-refractivity contribution in [3.8, 4) is 0 Å². The minimum Gasteiger partial charge on any atom is -0.441 e. The molecule has 3 aromatic rings. The number of nitrogens with one attached hydrogen (secondary N) is 2. The van der Waals surface area contributed by atoms with Crippen molar-refractivity contribution in [2.24, 2.45) is 0 Å². The first kappa shape index (κ1) is 22.2. The van der Waals surface area contributed by atoms with Crippen molar-refractivity contribution in [1.29, 1.82) is 0 Å². The van der Waals surface area contributed by atoms with Crippen LogP contribution in [-0.2, 0) is 33.8 Å². The van der Waals surface area contributed by atoms with E-state index in [0.29, 0.717) is 11.3 Å². The summed E-state index contributed by atoms with van der Waals surface area (Å²) in [7, 11) is -4.14. The second-order valence-electron chi connectivity index (χ2n) is 8.03. The number of hydrogen-bond acceptors (Lipinski definition) is 5. The number of fused-ring (bicyclic) bond motifs is 2. The van der Waals surface area contributed by atoms with Crippen LogP contribution in [0.4, 0.5) is 24.5 Å². The van der Waals surface area contributed by atoms with Gasteiger partial charge in [-0.1, -0.05) is 0 Å². The molecule has 5 rings (SSSR count). The number of amides is 1. The highest BCUT2D eigenvalue weighted by atomic mass is 32.2. The summed E-state index contributed by atoms with van der Waals surface area (Å²) in [5, 5.41) is 2.68. The van der Waals surface area contributed by atoms with Gasteiger partial charge in [0.1, 0.15) is 5.76 Å². The van der Waals surface area contributed by atoms with Crippen LogP contribution in [0, 0.1) is 0 Å². The normalized spacial score (nSPS) is 16.8. The third-order valence-corrected chi connectivity index (χ3v) is 7.06. The molecule has 2 aromatic carbocycles. The van der Waals surface area contributed by atoms with Gasteiger partial charge in [0.15, 0.2) is 0 Å². The monoisotopic (exact) mass is 489 g/mol. The molecule has 1 aliphatic carbocycles. The molecule has 0 bridgehead atoms. The zero-order valence-electron chi connectivity index (χ0n) is 17.6. The van der Waals surface area contributed by atoms with Gasteiger partial charge in [0.25, 0.3) is 15.9 Å². The van der Waals surface area contributed by atoms with Crippen molar-refractivity contribution in [2.75, 3.05) is 10.0 Å². The Kier molecular flexibility index (Phi) is 5.23. The van der Waals surface area contributed by atoms with Gasteiger partial charge in [-0.3, -0.25) is 9.52 Å². The van der Waals surface area contributed by atoms with Crippen LogP contribution in [-0.4, -0.2) is 19.3 Å². The average Bonchev–Trinajstić information content (AvgIpc) is 3.33. The summed E-state index contributed by atoms with van der Waals surface area (Å²) in [5.41, 5.74) is 0.955. The average molecular weight is 489 g/mol. The number of halogens is 3. The quantitative estimate of drug-likeness (QED) is 0.510. The maximum atomic E-state index is 12.9. The van der Waals surface area contributed by atoms with E-state index in [1.165, 1.54) is 24.3 Å². The number of anilines is 2. The SMILES string of the molecule is O=C1Nc2ccc(S(=O)(=O)Nc3ccc(C(F)(F)F)cc3)cc2C1=Cc1nc2c(o1)CCCC2. The molecule has 7 nitrogen and oxygen atoms in total. The number of benzene rings is 2. The molecule has 1 aliphatic heterocycles. The van der Waals surface area contributed by atoms with E-state index in [9.17, 15) is 26.4 Å². The van der Waals surface area contributed by atoms with Crippen LogP contribution in [0.5, 0.6) is 0 Å². The highest BCUT2D eigenvalue weighted by Crippen LogP contribution is 2.36. The van der Waals surface area contributed by atoms with Crippen molar-refractivity contribution < 1.29 is 30.8 Å². The van der Waals surface area contributed by atoms with E-state index in [0.717, 1.165) is 61.4 Å². The Bertz CT molecular complexity index is 1400. The Morgan fingerprint density at radius 1 is 1.06 bits per heavy atom. The summed E-state index contributed by atoms with van der Waals surface area (Å²) in [6.07, 6.45) is 0.580. The van der Waals surface area contributed by atoms with Crippen molar-refractivity contribution in [3.05, 3.63) is 70.9 Å². The van der Waals surface area contributed by atoms with E-state index < -0.39 is 27.7 Å². The van der Waals surface area contributed by atoms with Crippen LogP contribution in [0.1, 0.15) is 41.3 Å². The minimum atomic E-state index is -4.53. The molecule has 176 valence electrons. The van der Waals surface area contributed by atoms with Gasteiger partial charge >= 0.3 is 6.18 Å². The maximum absolute atomic E-state index is 12.9. The van der Waals surface area contributed by atoms with E-state index in [1.54, 1.807) is 0 Å². The largest absolute Gasteiger partial charge is 0.441 e. The Balaban J connectivity index is 1.44. The summed E-state index contributed by atoms with van der Waals surface area (Å²) < 4.78 is 72.0. The lowest BCUT2D eigenvalue weighted by atomic mass is 10.0. The smallest absolute Gasteiger partial charge is 0.416 e. The topological polar surface area (TPSA) is 101 Å². The maximum Gasteiger partial charge on any atom is 0.416 e. The fraction of sp³-hybridized carbons (Fsp3) is 0.217. The Hall–Kier alpha value is -3.60. The number of sulfonamides is 1. The molecule has 11 heteroatoms. The van der Waals surface area contributed by atoms with Crippen molar-refractivity contribution in [3.63, 3.8) is 0 Å². The first-order valence-electron chi connectivity index (χ1n) is 10.5. The molecule has 0 atom stereocenters. The van der Waals surface area contributed by atoms with Crippen LogP contribution in [0.2, 0.25) is 0 Å². The number of aromatic nitrogens is 1. The first-order chi connectivity index (χ1) is 16.1. The molecule has 2 aliphatic rings. The molecule has 0 radical (unpaired) electrons. The number of carbonyl (C=O) groups excluding carboxylic acids is 1. The molecule has 0 saturated carbocycles. The fourth-order valence-electron chi connectivity index (χ4n) is 3.98. The minimum absolute atomic E-state index is 0.0242. The van der Waals surface area contributed by atoms with Crippen LogP contribution < -0.4 is 10.0 Å². The summed E-state index contributed by atoms with van der Waals surface area (Å²) in [5.74, 6) is 0.659. The van der Waals surface area contributed by atoms with E-state index in [4.69, 9.17) is 4.42 Å². The number of aryl methyl sites for hydroxylation is 2. The van der Waals surface area contributed by atoms with Crippen molar-refractivity contribution in [2.45, 2.75) is 36.8 Å². The van der Waals surface area contributed by atoms with Gasteiger partial charge in [0, 0.05) is 29.4 Å². The Labute approximate surface area is 192 Å². The van der Waals surface area contributed by atoms with Gasteiger partial charge in [-0.05, 0) is 61.7 Å². The van der Waals surface area contributed by atoms with Crippen LogP contribution in [0.15, 0.2) is 51.8 Å². The van der Waals surface area contributed by atoms with Gasteiger partial charge in [-0.25, -0.2) is 13.4 Å². The standard InChI is InChI=1S/C23H18F3N3O4S/c24-23(25,26)13-5-7-14(8-6-13)29-34(31,32)15-9-10-18-16(11-15)17(22(30)28-18)12-21-27-19-3-1-2-4-20(19)33-21/h5-12,29H,1-4H2,(H,28,30). The second kappa shape index (κ2) is 8.01. The molecule has 0 saturated heterocycles. The summed E-state index contributed by atoms with van der Waals surface area (Å²) in [4.78, 5) is 16.8. The molecule has 0 unspecified atom stereocenters. The van der Waals surface area contributed by atoms with Crippen LogP contribution in [0.25, 0.3) is 11.6 Å². The highest BCUT2D eigenvalue weighted by Gasteiger charge is 2.31. The predicted octanol–water partition coefficient (Wildman–Crippen LogP) is 4.87. The molecule has 0 spiro atoms. The second-order valence-corrected chi connectivity index (χ2v) is 9.71.